The number of hydrogen-bond donors (Lipinski definition) is 1. The highest BCUT2D eigenvalue weighted by atomic mass is 35.5. The number of amides is 1. The van der Waals surface area contributed by atoms with Gasteiger partial charge in [-0.1, -0.05) is 66.2 Å². The summed E-state index contributed by atoms with van der Waals surface area (Å²) in [5, 5.41) is 5.28. The number of nitrogens with zero attached hydrogens (tertiary/aromatic N) is 1. The van der Waals surface area contributed by atoms with Crippen LogP contribution in [0.15, 0.2) is 42.5 Å². The molecule has 29 heavy (non-hydrogen) atoms. The summed E-state index contributed by atoms with van der Waals surface area (Å²) < 4.78 is 0. The Balaban J connectivity index is 1.73. The lowest BCUT2D eigenvalue weighted by atomic mass is 9.95. The van der Waals surface area contributed by atoms with Crippen molar-refractivity contribution in [1.82, 2.24) is 10.3 Å². The molecule has 3 aromatic rings. The van der Waals surface area contributed by atoms with Crippen molar-refractivity contribution >= 4 is 52.0 Å². The van der Waals surface area contributed by atoms with E-state index in [0.717, 1.165) is 41.7 Å². The first-order chi connectivity index (χ1) is 14.0. The maximum atomic E-state index is 12.9. The number of benzene rings is 2. The number of aromatic nitrogens is 1. The van der Waals surface area contributed by atoms with Crippen molar-refractivity contribution in [1.29, 1.82) is 0 Å². The molecule has 2 aromatic carbocycles. The van der Waals surface area contributed by atoms with Crippen LogP contribution in [0.3, 0.4) is 0 Å². The normalized spacial score (nSPS) is 14.7. The minimum Gasteiger partial charge on any atom is -0.347 e. The van der Waals surface area contributed by atoms with E-state index in [0.29, 0.717) is 25.8 Å². The molecule has 1 heterocycles. The zero-order valence-electron chi connectivity index (χ0n) is 15.6. The minimum atomic E-state index is -0.131. The van der Waals surface area contributed by atoms with E-state index in [-0.39, 0.29) is 11.9 Å². The maximum absolute atomic E-state index is 12.9. The van der Waals surface area contributed by atoms with Crippen molar-refractivity contribution in [3.63, 3.8) is 0 Å². The molecule has 1 amide bonds. The molecule has 0 saturated heterocycles. The fourth-order valence-corrected chi connectivity index (χ4v) is 5.18. The van der Waals surface area contributed by atoms with Gasteiger partial charge in [-0.05, 0) is 48.7 Å². The van der Waals surface area contributed by atoms with Crippen molar-refractivity contribution in [2.24, 2.45) is 0 Å². The number of carbonyl (C=O) groups excluding carboxylic acids is 1. The summed E-state index contributed by atoms with van der Waals surface area (Å²) in [7, 11) is 0. The van der Waals surface area contributed by atoms with Crippen molar-refractivity contribution < 1.29 is 4.79 Å². The number of nitrogens with one attached hydrogen (secondary N) is 1. The molecule has 1 aromatic heterocycles. The molecule has 0 unspecified atom stereocenters. The van der Waals surface area contributed by atoms with Crippen LogP contribution in [0.1, 0.15) is 41.9 Å². The summed E-state index contributed by atoms with van der Waals surface area (Å²) in [4.78, 5) is 18.5. The van der Waals surface area contributed by atoms with Gasteiger partial charge in [0.15, 0.2) is 5.01 Å². The Hall–Kier alpha value is -1.59. The Morgan fingerprint density at radius 1 is 0.966 bits per heavy atom. The van der Waals surface area contributed by atoms with Crippen LogP contribution in [-0.4, -0.2) is 16.9 Å². The van der Waals surface area contributed by atoms with Crippen LogP contribution in [0.4, 0.5) is 0 Å². The second kappa shape index (κ2) is 9.05. The summed E-state index contributed by atoms with van der Waals surface area (Å²) in [6.07, 6.45) is 5.60. The van der Waals surface area contributed by atoms with E-state index in [1.165, 1.54) is 17.8 Å². The largest absolute Gasteiger partial charge is 0.347 e. The molecule has 4 rings (SSSR count). The highest BCUT2D eigenvalue weighted by molar-refractivity contribution is 7.17. The van der Waals surface area contributed by atoms with Crippen LogP contribution in [0.5, 0.6) is 0 Å². The van der Waals surface area contributed by atoms with E-state index < -0.39 is 0 Å². The second-order valence-corrected chi connectivity index (χ2v) is 9.42. The van der Waals surface area contributed by atoms with Crippen LogP contribution in [0.25, 0.3) is 21.7 Å². The molecule has 0 spiro atoms. The highest BCUT2D eigenvalue weighted by Gasteiger charge is 2.23. The molecule has 1 fully saturated rings. The smallest absolute Gasteiger partial charge is 0.280 e. The molecule has 150 valence electrons. The molecular weight excluding hydrogens is 447 g/mol. The van der Waals surface area contributed by atoms with Crippen LogP contribution >= 0.6 is 46.1 Å². The fraction of sp³-hybridized carbons (Fsp3) is 0.273. The third kappa shape index (κ3) is 4.77. The SMILES string of the molecule is O=C(NC1CCCCC1)c1nc(-c2ccc(Cl)cc2Cl)c(-c2ccc(Cl)cc2)s1. The van der Waals surface area contributed by atoms with Crippen LogP contribution in [-0.2, 0) is 0 Å². The van der Waals surface area contributed by atoms with Gasteiger partial charge in [0.25, 0.3) is 5.91 Å². The van der Waals surface area contributed by atoms with Crippen molar-refractivity contribution in [3.05, 3.63) is 62.5 Å². The van der Waals surface area contributed by atoms with Gasteiger partial charge in [-0.15, -0.1) is 11.3 Å². The maximum Gasteiger partial charge on any atom is 0.280 e. The monoisotopic (exact) mass is 464 g/mol. The zero-order chi connectivity index (χ0) is 20.4. The van der Waals surface area contributed by atoms with Crippen LogP contribution in [0.2, 0.25) is 15.1 Å². The van der Waals surface area contributed by atoms with Gasteiger partial charge in [0, 0.05) is 21.7 Å². The highest BCUT2D eigenvalue weighted by Crippen LogP contribution is 2.40. The number of rotatable bonds is 4. The van der Waals surface area contributed by atoms with Crippen LogP contribution in [0, 0.1) is 0 Å². The van der Waals surface area contributed by atoms with Gasteiger partial charge in [0.1, 0.15) is 0 Å². The van der Waals surface area contributed by atoms with E-state index in [4.69, 9.17) is 34.8 Å². The average Bonchev–Trinajstić information content (AvgIpc) is 3.14. The van der Waals surface area contributed by atoms with Crippen molar-refractivity contribution in [3.8, 4) is 21.7 Å². The standard InChI is InChI=1S/C22H19Cl3N2OS/c23-14-8-6-13(7-9-14)20-19(17-11-10-15(24)12-18(17)25)27-22(29-20)21(28)26-16-4-2-1-3-5-16/h6-12,16H,1-5H2,(H,26,28). The Bertz CT molecular complexity index is 1030. The molecule has 0 bridgehead atoms. The summed E-state index contributed by atoms with van der Waals surface area (Å²) in [6, 6.07) is 13.0. The molecule has 0 radical (unpaired) electrons. The second-order valence-electron chi connectivity index (χ2n) is 7.14. The first kappa shape index (κ1) is 20.7. The van der Waals surface area contributed by atoms with Gasteiger partial charge in [-0.3, -0.25) is 4.79 Å². The third-order valence-corrected chi connectivity index (χ3v) is 6.96. The Morgan fingerprint density at radius 3 is 2.34 bits per heavy atom. The molecule has 7 heteroatoms. The van der Waals surface area contributed by atoms with E-state index in [1.54, 1.807) is 12.1 Å². The molecule has 0 atom stereocenters. The van der Waals surface area contributed by atoms with Gasteiger partial charge < -0.3 is 5.32 Å². The third-order valence-electron chi connectivity index (χ3n) is 5.05. The molecule has 1 aliphatic rings. The van der Waals surface area contributed by atoms with Gasteiger partial charge in [0.2, 0.25) is 0 Å². The Kier molecular flexibility index (Phi) is 6.45. The fourth-order valence-electron chi connectivity index (χ4n) is 3.57. The van der Waals surface area contributed by atoms with Gasteiger partial charge in [-0.25, -0.2) is 4.98 Å². The van der Waals surface area contributed by atoms with Gasteiger partial charge in [0.05, 0.1) is 15.6 Å². The van der Waals surface area contributed by atoms with Crippen LogP contribution < -0.4 is 5.32 Å². The lowest BCUT2D eigenvalue weighted by Crippen LogP contribution is -2.36. The Labute approximate surface area is 189 Å². The summed E-state index contributed by atoms with van der Waals surface area (Å²) in [5.74, 6) is -0.131. The average molecular weight is 466 g/mol. The topological polar surface area (TPSA) is 42.0 Å². The number of thiazole rings is 1. The van der Waals surface area contributed by atoms with E-state index in [1.807, 2.05) is 30.3 Å². The zero-order valence-corrected chi connectivity index (χ0v) is 18.6. The van der Waals surface area contributed by atoms with Gasteiger partial charge in [-0.2, -0.15) is 0 Å². The molecule has 0 aliphatic heterocycles. The predicted molar refractivity (Wildman–Crippen MR) is 122 cm³/mol. The molecule has 1 N–H and O–H groups in total. The Morgan fingerprint density at radius 2 is 1.66 bits per heavy atom. The van der Waals surface area contributed by atoms with E-state index >= 15 is 0 Å². The number of halogens is 3. The number of hydrogen-bond acceptors (Lipinski definition) is 3. The molecule has 3 nitrogen and oxygen atoms in total. The number of carbonyl (C=O) groups is 1. The summed E-state index contributed by atoms with van der Waals surface area (Å²) in [6.45, 7) is 0. The minimum absolute atomic E-state index is 0.131. The quantitative estimate of drug-likeness (QED) is 0.433. The lowest BCUT2D eigenvalue weighted by molar-refractivity contribution is 0.0927. The lowest BCUT2D eigenvalue weighted by Gasteiger charge is -2.22. The molecular formula is C22H19Cl3N2OS. The predicted octanol–water partition coefficient (Wildman–Crippen LogP) is 7.50. The van der Waals surface area contributed by atoms with Gasteiger partial charge >= 0.3 is 0 Å². The van der Waals surface area contributed by atoms with Crippen molar-refractivity contribution in [2.45, 2.75) is 38.1 Å². The summed E-state index contributed by atoms with van der Waals surface area (Å²) in [5.41, 5.74) is 2.35. The van der Waals surface area contributed by atoms with E-state index in [2.05, 4.69) is 10.3 Å². The first-order valence-corrected chi connectivity index (χ1v) is 11.5. The first-order valence-electron chi connectivity index (χ1n) is 9.54. The van der Waals surface area contributed by atoms with E-state index in [9.17, 15) is 4.79 Å². The molecule has 1 saturated carbocycles. The molecule has 1 aliphatic carbocycles. The van der Waals surface area contributed by atoms with Crippen molar-refractivity contribution in [2.75, 3.05) is 0 Å². The summed E-state index contributed by atoms with van der Waals surface area (Å²) >= 11 is 19.9.